The van der Waals surface area contributed by atoms with Crippen molar-refractivity contribution < 1.29 is 19.0 Å². The number of thioether (sulfide) groups is 1. The maximum atomic E-state index is 12.5. The van der Waals surface area contributed by atoms with Crippen LogP contribution in [-0.4, -0.2) is 36.3 Å². The molecule has 0 radical (unpaired) electrons. The van der Waals surface area contributed by atoms with E-state index in [1.165, 1.54) is 14.2 Å². The number of hydrogen-bond acceptors (Lipinski definition) is 7. The molecule has 2 heterocycles. The van der Waals surface area contributed by atoms with Crippen LogP contribution in [0, 0.1) is 5.92 Å². The Bertz CT molecular complexity index is 767. The Labute approximate surface area is 150 Å². The van der Waals surface area contributed by atoms with Crippen LogP contribution in [0.5, 0.6) is 11.9 Å². The summed E-state index contributed by atoms with van der Waals surface area (Å²) < 4.78 is 16.2. The van der Waals surface area contributed by atoms with Crippen LogP contribution < -0.4 is 9.47 Å². The number of cyclic esters (lactones) is 1. The van der Waals surface area contributed by atoms with Gasteiger partial charge in [0, 0.05) is 4.90 Å². The Balaban J connectivity index is 2.13. The van der Waals surface area contributed by atoms with Gasteiger partial charge in [-0.2, -0.15) is 9.97 Å². The van der Waals surface area contributed by atoms with Crippen LogP contribution >= 0.6 is 11.8 Å². The molecule has 7 heteroatoms. The number of ether oxygens (including phenoxy) is 3. The first-order valence-corrected chi connectivity index (χ1v) is 8.85. The smallest absolute Gasteiger partial charge is 0.345 e. The molecule has 1 aromatic carbocycles. The van der Waals surface area contributed by atoms with Crippen LogP contribution in [0.15, 0.2) is 35.2 Å². The molecule has 0 bridgehead atoms. The van der Waals surface area contributed by atoms with Crippen molar-refractivity contribution in [3.05, 3.63) is 41.6 Å². The topological polar surface area (TPSA) is 70.5 Å². The van der Waals surface area contributed by atoms with Crippen LogP contribution in [0.4, 0.5) is 0 Å². The van der Waals surface area contributed by atoms with Crippen LogP contribution in [0.2, 0.25) is 0 Å². The molecule has 2 atom stereocenters. The lowest BCUT2D eigenvalue weighted by Gasteiger charge is -2.34. The fraction of sp³-hybridized carbons (Fsp3) is 0.389. The highest BCUT2D eigenvalue weighted by Gasteiger charge is 2.42. The second-order valence-electron chi connectivity index (χ2n) is 5.95. The maximum Gasteiger partial charge on any atom is 0.345 e. The summed E-state index contributed by atoms with van der Waals surface area (Å²) in [5.41, 5.74) is 0.862. The molecule has 1 aliphatic rings. The standard InChI is InChI=1S/C18H20N2O4S/c1-10(2)14-15(25-11-8-6-5-7-9-11)13-12(17(21)24-14)16(22-3)20-18(19-13)23-4/h5-10,14-15H,1-4H3. The molecule has 1 aliphatic heterocycles. The molecule has 0 saturated heterocycles. The van der Waals surface area contributed by atoms with Gasteiger partial charge in [-0.1, -0.05) is 32.0 Å². The first-order valence-electron chi connectivity index (χ1n) is 7.97. The number of hydrogen-bond donors (Lipinski definition) is 0. The van der Waals surface area contributed by atoms with Crippen molar-refractivity contribution in [3.63, 3.8) is 0 Å². The van der Waals surface area contributed by atoms with Crippen LogP contribution in [-0.2, 0) is 4.74 Å². The average Bonchev–Trinajstić information content (AvgIpc) is 2.63. The first kappa shape index (κ1) is 17.5. The Morgan fingerprint density at radius 1 is 1.12 bits per heavy atom. The Kier molecular flexibility index (Phi) is 5.13. The minimum absolute atomic E-state index is 0.130. The molecule has 0 saturated carbocycles. The highest BCUT2D eigenvalue weighted by Crippen LogP contribution is 2.46. The predicted octanol–water partition coefficient (Wildman–Crippen LogP) is 3.52. The molecule has 132 valence electrons. The summed E-state index contributed by atoms with van der Waals surface area (Å²) in [4.78, 5) is 22.2. The maximum absolute atomic E-state index is 12.5. The number of carbonyl (C=O) groups is 1. The third kappa shape index (κ3) is 3.42. The van der Waals surface area contributed by atoms with E-state index in [0.29, 0.717) is 5.69 Å². The van der Waals surface area contributed by atoms with Crippen molar-refractivity contribution in [1.29, 1.82) is 0 Å². The van der Waals surface area contributed by atoms with Crippen LogP contribution in [0.3, 0.4) is 0 Å². The van der Waals surface area contributed by atoms with Crippen molar-refractivity contribution in [2.75, 3.05) is 14.2 Å². The molecular weight excluding hydrogens is 340 g/mol. The normalized spacial score (nSPS) is 19.3. The predicted molar refractivity (Wildman–Crippen MR) is 94.2 cm³/mol. The number of fused-ring (bicyclic) bond motifs is 1. The van der Waals surface area contributed by atoms with E-state index in [-0.39, 0.29) is 34.7 Å². The zero-order chi connectivity index (χ0) is 18.0. The van der Waals surface area contributed by atoms with Crippen molar-refractivity contribution in [2.45, 2.75) is 30.1 Å². The third-order valence-electron chi connectivity index (χ3n) is 3.94. The van der Waals surface area contributed by atoms with Gasteiger partial charge in [0.25, 0.3) is 0 Å². The lowest BCUT2D eigenvalue weighted by Crippen LogP contribution is -2.36. The van der Waals surface area contributed by atoms with Gasteiger partial charge in [-0.3, -0.25) is 0 Å². The molecule has 1 aromatic heterocycles. The summed E-state index contributed by atoms with van der Waals surface area (Å²) >= 11 is 1.61. The van der Waals surface area contributed by atoms with Crippen LogP contribution in [0.25, 0.3) is 0 Å². The Morgan fingerprint density at radius 3 is 2.44 bits per heavy atom. The fourth-order valence-electron chi connectivity index (χ4n) is 2.73. The van der Waals surface area contributed by atoms with E-state index in [9.17, 15) is 4.79 Å². The molecule has 3 rings (SSSR count). The number of benzene rings is 1. The first-order chi connectivity index (χ1) is 12.0. The summed E-state index contributed by atoms with van der Waals surface area (Å²) in [6.07, 6.45) is -0.311. The molecule has 0 fully saturated rings. The summed E-state index contributed by atoms with van der Waals surface area (Å²) in [7, 11) is 2.95. The molecule has 25 heavy (non-hydrogen) atoms. The van der Waals surface area contributed by atoms with Gasteiger partial charge in [0.1, 0.15) is 11.7 Å². The monoisotopic (exact) mass is 360 g/mol. The molecule has 0 amide bonds. The number of aromatic nitrogens is 2. The number of carbonyl (C=O) groups excluding carboxylic acids is 1. The van der Waals surface area contributed by atoms with Crippen molar-refractivity contribution >= 4 is 17.7 Å². The van der Waals surface area contributed by atoms with Crippen molar-refractivity contribution in [2.24, 2.45) is 5.92 Å². The van der Waals surface area contributed by atoms with E-state index in [4.69, 9.17) is 14.2 Å². The molecule has 0 aliphatic carbocycles. The highest BCUT2D eigenvalue weighted by atomic mass is 32.2. The van der Waals surface area contributed by atoms with Crippen molar-refractivity contribution in [3.8, 4) is 11.9 Å². The van der Waals surface area contributed by atoms with Gasteiger partial charge < -0.3 is 14.2 Å². The van der Waals surface area contributed by atoms with Crippen LogP contribution in [0.1, 0.15) is 35.1 Å². The number of esters is 1. The van der Waals surface area contributed by atoms with Gasteiger partial charge in [0.05, 0.1) is 25.2 Å². The van der Waals surface area contributed by atoms with Gasteiger partial charge in [-0.05, 0) is 18.1 Å². The largest absolute Gasteiger partial charge is 0.480 e. The molecule has 0 spiro atoms. The van der Waals surface area contributed by atoms with E-state index in [1.807, 2.05) is 44.2 Å². The second kappa shape index (κ2) is 7.31. The van der Waals surface area contributed by atoms with E-state index in [1.54, 1.807) is 11.8 Å². The summed E-state index contributed by atoms with van der Waals surface area (Å²) in [5.74, 6) is -0.156. The SMILES string of the molecule is COc1nc(OC)c2c(n1)C(Sc1ccccc1)C(C(C)C)OC2=O. The van der Waals surface area contributed by atoms with Gasteiger partial charge in [-0.15, -0.1) is 11.8 Å². The molecule has 2 aromatic rings. The molecule has 0 N–H and O–H groups in total. The summed E-state index contributed by atoms with van der Waals surface area (Å²) in [6.45, 7) is 4.05. The second-order valence-corrected chi connectivity index (χ2v) is 7.16. The van der Waals surface area contributed by atoms with E-state index in [2.05, 4.69) is 9.97 Å². The Hall–Kier alpha value is -2.28. The summed E-state index contributed by atoms with van der Waals surface area (Å²) in [5, 5.41) is -0.180. The molecular formula is C18H20N2O4S. The average molecular weight is 360 g/mol. The van der Waals surface area contributed by atoms with E-state index in [0.717, 1.165) is 4.90 Å². The fourth-order valence-corrected chi connectivity index (χ4v) is 4.12. The highest BCUT2D eigenvalue weighted by molar-refractivity contribution is 7.99. The number of methoxy groups -OCH3 is 2. The zero-order valence-corrected chi connectivity index (χ0v) is 15.4. The molecule has 6 nitrogen and oxygen atoms in total. The summed E-state index contributed by atoms with van der Waals surface area (Å²) in [6, 6.07) is 10.1. The number of rotatable bonds is 5. The minimum Gasteiger partial charge on any atom is -0.480 e. The van der Waals surface area contributed by atoms with Crippen molar-refractivity contribution in [1.82, 2.24) is 9.97 Å². The Morgan fingerprint density at radius 2 is 1.84 bits per heavy atom. The minimum atomic E-state index is -0.460. The quantitative estimate of drug-likeness (QED) is 0.756. The van der Waals surface area contributed by atoms with Gasteiger partial charge in [0.15, 0.2) is 0 Å². The molecule has 2 unspecified atom stereocenters. The lowest BCUT2D eigenvalue weighted by atomic mass is 9.96. The zero-order valence-electron chi connectivity index (χ0n) is 14.6. The third-order valence-corrected chi connectivity index (χ3v) is 5.23. The van der Waals surface area contributed by atoms with Gasteiger partial charge in [0.2, 0.25) is 5.88 Å². The van der Waals surface area contributed by atoms with Gasteiger partial charge >= 0.3 is 12.0 Å². The van der Waals surface area contributed by atoms with E-state index >= 15 is 0 Å². The van der Waals surface area contributed by atoms with Gasteiger partial charge in [-0.25, -0.2) is 4.79 Å². The lowest BCUT2D eigenvalue weighted by molar-refractivity contribution is 0.0112. The van der Waals surface area contributed by atoms with E-state index < -0.39 is 5.97 Å². The number of nitrogens with zero attached hydrogens (tertiary/aromatic N) is 2.